The number of halogens is 3. The Hall–Kier alpha value is -3.90. The molecular weight excluding hydrogens is 447 g/mol. The van der Waals surface area contributed by atoms with Gasteiger partial charge in [0.15, 0.2) is 0 Å². The summed E-state index contributed by atoms with van der Waals surface area (Å²) in [5.41, 5.74) is 10.2. The fourth-order valence-electron chi connectivity index (χ4n) is 4.43. The summed E-state index contributed by atoms with van der Waals surface area (Å²) in [5, 5.41) is 4.91. The van der Waals surface area contributed by atoms with Crippen molar-refractivity contribution in [1.82, 2.24) is 9.78 Å². The number of hydrogen-bond acceptors (Lipinski definition) is 2. The van der Waals surface area contributed by atoms with Crippen molar-refractivity contribution < 1.29 is 13.2 Å². The highest BCUT2D eigenvalue weighted by molar-refractivity contribution is 5.95. The van der Waals surface area contributed by atoms with Crippen molar-refractivity contribution in [1.29, 1.82) is 0 Å². The maximum absolute atomic E-state index is 13.7. The fraction of sp³-hybridized carbons (Fsp3) is 0.138. The summed E-state index contributed by atoms with van der Waals surface area (Å²) in [6.45, 7) is 0.359. The van der Waals surface area contributed by atoms with Gasteiger partial charge in [0.1, 0.15) is 5.52 Å². The Kier molecular flexibility index (Phi) is 6.14. The molecule has 0 saturated heterocycles. The molecular formula is C29H24F3N3. The Morgan fingerprint density at radius 3 is 2.00 bits per heavy atom. The first-order valence-electron chi connectivity index (χ1n) is 11.4. The quantitative estimate of drug-likeness (QED) is 0.289. The molecule has 35 heavy (non-hydrogen) atoms. The number of benzene rings is 4. The van der Waals surface area contributed by atoms with Crippen LogP contribution in [0, 0.1) is 0 Å². The van der Waals surface area contributed by atoms with Crippen molar-refractivity contribution in [3.63, 3.8) is 0 Å². The van der Waals surface area contributed by atoms with Crippen LogP contribution in [0.3, 0.4) is 0 Å². The second-order valence-corrected chi connectivity index (χ2v) is 8.61. The first-order valence-corrected chi connectivity index (χ1v) is 11.4. The van der Waals surface area contributed by atoms with E-state index in [2.05, 4.69) is 5.10 Å². The second-order valence-electron chi connectivity index (χ2n) is 8.61. The Balaban J connectivity index is 1.56. The topological polar surface area (TPSA) is 43.8 Å². The average molecular weight is 472 g/mol. The third kappa shape index (κ3) is 4.84. The molecule has 2 N–H and O–H groups in total. The van der Waals surface area contributed by atoms with Gasteiger partial charge in [0.05, 0.1) is 17.8 Å². The van der Waals surface area contributed by atoms with Crippen molar-refractivity contribution in [3.05, 3.63) is 125 Å². The SMILES string of the molecule is NC(Cc1ccccc1)c1ccc(-c2c3cccc(C(F)(F)F)c3nn2Cc2ccccc2)cc1. The molecule has 0 saturated carbocycles. The van der Waals surface area contributed by atoms with Gasteiger partial charge < -0.3 is 5.73 Å². The molecule has 4 aromatic carbocycles. The van der Waals surface area contributed by atoms with Crippen LogP contribution in [0.15, 0.2) is 103 Å². The van der Waals surface area contributed by atoms with Crippen molar-refractivity contribution in [2.75, 3.05) is 0 Å². The van der Waals surface area contributed by atoms with Gasteiger partial charge in [0.25, 0.3) is 0 Å². The van der Waals surface area contributed by atoms with E-state index >= 15 is 0 Å². The molecule has 176 valence electrons. The van der Waals surface area contributed by atoms with Crippen LogP contribution in [0.2, 0.25) is 0 Å². The van der Waals surface area contributed by atoms with E-state index in [0.29, 0.717) is 24.0 Å². The summed E-state index contributed by atoms with van der Waals surface area (Å²) in [4.78, 5) is 0. The summed E-state index contributed by atoms with van der Waals surface area (Å²) in [5.74, 6) is 0. The van der Waals surface area contributed by atoms with Crippen molar-refractivity contribution in [2.24, 2.45) is 5.73 Å². The van der Waals surface area contributed by atoms with Gasteiger partial charge in [-0.15, -0.1) is 0 Å². The molecule has 3 nitrogen and oxygen atoms in total. The second kappa shape index (κ2) is 9.39. The lowest BCUT2D eigenvalue weighted by Crippen LogP contribution is -2.13. The summed E-state index contributed by atoms with van der Waals surface area (Å²) in [7, 11) is 0. The first-order chi connectivity index (χ1) is 16.9. The molecule has 1 heterocycles. The van der Waals surface area contributed by atoms with Crippen LogP contribution in [0.1, 0.15) is 28.3 Å². The maximum atomic E-state index is 13.7. The van der Waals surface area contributed by atoms with Crippen LogP contribution in [-0.4, -0.2) is 9.78 Å². The smallest absolute Gasteiger partial charge is 0.324 e. The van der Waals surface area contributed by atoms with Gasteiger partial charge in [-0.25, -0.2) is 0 Å². The lowest BCUT2D eigenvalue weighted by atomic mass is 9.97. The van der Waals surface area contributed by atoms with Crippen molar-refractivity contribution in [3.8, 4) is 11.3 Å². The highest BCUT2D eigenvalue weighted by atomic mass is 19.4. The average Bonchev–Trinajstić information content (AvgIpc) is 3.22. The van der Waals surface area contributed by atoms with Crippen LogP contribution in [0.25, 0.3) is 22.2 Å². The highest BCUT2D eigenvalue weighted by Crippen LogP contribution is 2.38. The number of hydrogen-bond donors (Lipinski definition) is 1. The molecule has 1 unspecified atom stereocenters. The van der Waals surface area contributed by atoms with Crippen molar-refractivity contribution >= 4 is 10.9 Å². The Labute approximate surface area is 201 Å². The van der Waals surface area contributed by atoms with Gasteiger partial charge >= 0.3 is 6.18 Å². The van der Waals surface area contributed by atoms with Crippen LogP contribution >= 0.6 is 0 Å². The van der Waals surface area contributed by atoms with Crippen LogP contribution in [0.4, 0.5) is 13.2 Å². The lowest BCUT2D eigenvalue weighted by Gasteiger charge is -2.14. The molecule has 0 aliphatic heterocycles. The molecule has 1 atom stereocenters. The minimum absolute atomic E-state index is 0.0456. The van der Waals surface area contributed by atoms with Gasteiger partial charge in [0, 0.05) is 17.0 Å². The molecule has 0 spiro atoms. The van der Waals surface area contributed by atoms with Gasteiger partial charge in [0.2, 0.25) is 0 Å². The molecule has 6 heteroatoms. The maximum Gasteiger partial charge on any atom is 0.418 e. The Morgan fingerprint density at radius 2 is 1.37 bits per heavy atom. The third-order valence-corrected chi connectivity index (χ3v) is 6.16. The monoisotopic (exact) mass is 471 g/mol. The van der Waals surface area contributed by atoms with Gasteiger partial charge in [-0.3, -0.25) is 4.68 Å². The van der Waals surface area contributed by atoms with Crippen LogP contribution in [0.5, 0.6) is 0 Å². The summed E-state index contributed by atoms with van der Waals surface area (Å²) in [6, 6.07) is 31.4. The van der Waals surface area contributed by atoms with E-state index in [1.54, 1.807) is 10.7 Å². The molecule has 0 aliphatic rings. The Bertz CT molecular complexity index is 1420. The molecule has 1 aromatic heterocycles. The van der Waals surface area contributed by atoms with Gasteiger partial charge in [-0.05, 0) is 29.2 Å². The highest BCUT2D eigenvalue weighted by Gasteiger charge is 2.34. The number of rotatable bonds is 6. The zero-order chi connectivity index (χ0) is 24.4. The molecule has 0 amide bonds. The van der Waals surface area contributed by atoms with E-state index in [4.69, 9.17) is 5.73 Å². The van der Waals surface area contributed by atoms with E-state index in [-0.39, 0.29) is 11.6 Å². The Morgan fingerprint density at radius 1 is 0.743 bits per heavy atom. The van der Waals surface area contributed by atoms with Crippen LogP contribution < -0.4 is 5.73 Å². The van der Waals surface area contributed by atoms with E-state index in [1.807, 2.05) is 84.9 Å². The standard InChI is InChI=1S/C29H24F3N3/c30-29(31,32)25-13-7-12-24-27(25)34-35(19-21-10-5-2-6-11-21)28(24)23-16-14-22(15-17-23)26(33)18-20-8-3-1-4-9-20/h1-17,26H,18-19,33H2. The summed E-state index contributed by atoms with van der Waals surface area (Å²) < 4.78 is 42.9. The summed E-state index contributed by atoms with van der Waals surface area (Å²) >= 11 is 0. The largest absolute Gasteiger partial charge is 0.418 e. The van der Waals surface area contributed by atoms with E-state index < -0.39 is 11.7 Å². The van der Waals surface area contributed by atoms with Crippen LogP contribution in [-0.2, 0) is 19.1 Å². The molecule has 0 radical (unpaired) electrons. The molecule has 0 bridgehead atoms. The lowest BCUT2D eigenvalue weighted by molar-refractivity contribution is -0.136. The number of fused-ring (bicyclic) bond motifs is 1. The first kappa shape index (κ1) is 22.9. The predicted octanol–water partition coefficient (Wildman–Crippen LogP) is 7.01. The van der Waals surface area contributed by atoms with E-state index in [0.717, 1.165) is 28.3 Å². The van der Waals surface area contributed by atoms with Gasteiger partial charge in [-0.2, -0.15) is 18.3 Å². The molecule has 5 aromatic rings. The number of nitrogens with zero attached hydrogens (tertiary/aromatic N) is 2. The predicted molar refractivity (Wildman–Crippen MR) is 133 cm³/mol. The number of aromatic nitrogens is 2. The molecule has 0 fully saturated rings. The third-order valence-electron chi connectivity index (χ3n) is 6.16. The normalized spacial score (nSPS) is 12.7. The molecule has 0 aliphatic carbocycles. The minimum Gasteiger partial charge on any atom is -0.324 e. The zero-order valence-electron chi connectivity index (χ0n) is 18.9. The minimum atomic E-state index is -4.49. The van der Waals surface area contributed by atoms with Gasteiger partial charge in [-0.1, -0.05) is 97.1 Å². The number of nitrogens with two attached hydrogens (primary N) is 1. The fourth-order valence-corrected chi connectivity index (χ4v) is 4.43. The van der Waals surface area contributed by atoms with Crippen molar-refractivity contribution in [2.45, 2.75) is 25.2 Å². The summed E-state index contributed by atoms with van der Waals surface area (Å²) in [6.07, 6.45) is -3.79. The number of alkyl halides is 3. The van der Waals surface area contributed by atoms with E-state index in [9.17, 15) is 13.2 Å². The molecule has 5 rings (SSSR count). The zero-order valence-corrected chi connectivity index (χ0v) is 18.9. The van der Waals surface area contributed by atoms with E-state index in [1.165, 1.54) is 6.07 Å².